The summed E-state index contributed by atoms with van der Waals surface area (Å²) in [5.41, 5.74) is 0.962. The first-order valence-electron chi connectivity index (χ1n) is 7.66. The zero-order valence-electron chi connectivity index (χ0n) is 14.0. The van der Waals surface area contributed by atoms with E-state index in [9.17, 15) is 14.7 Å². The largest absolute Gasteiger partial charge is 0.506 e. The van der Waals surface area contributed by atoms with Crippen molar-refractivity contribution in [3.05, 3.63) is 53.6 Å². The normalized spacial score (nSPS) is 11.1. The van der Waals surface area contributed by atoms with Crippen LogP contribution in [0.15, 0.2) is 36.7 Å². The molecule has 0 saturated heterocycles. The van der Waals surface area contributed by atoms with Crippen LogP contribution >= 0.6 is 0 Å². The van der Waals surface area contributed by atoms with Crippen molar-refractivity contribution >= 4 is 11.7 Å². The number of hydrogen-bond acceptors (Lipinski definition) is 5. The van der Waals surface area contributed by atoms with Gasteiger partial charge in [0, 0.05) is 24.4 Å². The first kappa shape index (κ1) is 17.6. The lowest BCUT2D eigenvalue weighted by Gasteiger charge is -2.20. The molecule has 6 nitrogen and oxygen atoms in total. The van der Waals surface area contributed by atoms with Crippen LogP contribution in [0.1, 0.15) is 42.5 Å². The highest BCUT2D eigenvalue weighted by Gasteiger charge is 2.17. The van der Waals surface area contributed by atoms with Crippen molar-refractivity contribution in [2.45, 2.75) is 39.2 Å². The number of hydrogen-bond donors (Lipinski definition) is 2. The Morgan fingerprint density at radius 3 is 2.54 bits per heavy atom. The van der Waals surface area contributed by atoms with Crippen LogP contribution in [-0.4, -0.2) is 32.3 Å². The predicted octanol–water partition coefficient (Wildman–Crippen LogP) is 2.06. The predicted molar refractivity (Wildman–Crippen MR) is 89.8 cm³/mol. The maximum atomic E-state index is 12.2. The fourth-order valence-electron chi connectivity index (χ4n) is 2.16. The molecule has 2 aromatic heterocycles. The van der Waals surface area contributed by atoms with Gasteiger partial charge in [0.25, 0.3) is 5.91 Å². The number of nitrogens with zero attached hydrogens (tertiary/aromatic N) is 2. The molecule has 1 amide bonds. The minimum absolute atomic E-state index is 0.00539. The topological polar surface area (TPSA) is 92.2 Å². The highest BCUT2D eigenvalue weighted by atomic mass is 16.3. The van der Waals surface area contributed by atoms with Gasteiger partial charge in [-0.1, -0.05) is 0 Å². The second-order valence-corrected chi connectivity index (χ2v) is 6.61. The number of nitrogens with one attached hydrogen (secondary N) is 1. The summed E-state index contributed by atoms with van der Waals surface area (Å²) in [6.45, 7) is 5.66. The highest BCUT2D eigenvalue weighted by molar-refractivity contribution is 5.93. The molecule has 0 bridgehead atoms. The number of aromatic nitrogens is 2. The summed E-state index contributed by atoms with van der Waals surface area (Å²) in [6.07, 6.45) is 3.23. The van der Waals surface area contributed by atoms with Crippen LogP contribution < -0.4 is 5.32 Å². The standard InChI is InChI=1S/C18H21N3O3/c1-18(2,3)21-17(24)15-10-12(6-8-20-15)9-13(22)11-14-16(23)5-4-7-19-14/h4-8,10,23H,9,11H2,1-3H3,(H,21,24). The van der Waals surface area contributed by atoms with Crippen molar-refractivity contribution in [3.8, 4) is 5.75 Å². The number of Topliss-reactive ketones (excluding diaryl/α,β-unsaturated/α-hetero) is 1. The van der Waals surface area contributed by atoms with Gasteiger partial charge in [-0.15, -0.1) is 0 Å². The zero-order valence-corrected chi connectivity index (χ0v) is 14.0. The molecule has 0 aliphatic heterocycles. The van der Waals surface area contributed by atoms with Crippen molar-refractivity contribution < 1.29 is 14.7 Å². The third-order valence-corrected chi connectivity index (χ3v) is 3.18. The van der Waals surface area contributed by atoms with Gasteiger partial charge in [-0.3, -0.25) is 19.6 Å². The molecule has 0 fully saturated rings. The van der Waals surface area contributed by atoms with Crippen molar-refractivity contribution in [3.63, 3.8) is 0 Å². The Bertz CT molecular complexity index is 751. The molecule has 0 aliphatic carbocycles. The molecule has 2 aromatic rings. The van der Waals surface area contributed by atoms with E-state index in [1.54, 1.807) is 18.2 Å². The fourth-order valence-corrected chi connectivity index (χ4v) is 2.16. The second kappa shape index (κ2) is 7.21. The van der Waals surface area contributed by atoms with Crippen LogP contribution in [0.2, 0.25) is 0 Å². The van der Waals surface area contributed by atoms with Gasteiger partial charge in [0.05, 0.1) is 12.1 Å². The average molecular weight is 327 g/mol. The number of pyridine rings is 2. The molecule has 0 unspecified atom stereocenters. The Morgan fingerprint density at radius 2 is 1.88 bits per heavy atom. The van der Waals surface area contributed by atoms with Crippen LogP contribution in [0.25, 0.3) is 0 Å². The number of carbonyl (C=O) groups is 2. The molecule has 24 heavy (non-hydrogen) atoms. The molecule has 2 N–H and O–H groups in total. The highest BCUT2D eigenvalue weighted by Crippen LogP contribution is 2.14. The number of rotatable bonds is 5. The van der Waals surface area contributed by atoms with Gasteiger partial charge in [0.15, 0.2) is 0 Å². The fraction of sp³-hybridized carbons (Fsp3) is 0.333. The van der Waals surface area contributed by atoms with Crippen molar-refractivity contribution in [1.82, 2.24) is 15.3 Å². The lowest BCUT2D eigenvalue weighted by Crippen LogP contribution is -2.40. The summed E-state index contributed by atoms with van der Waals surface area (Å²) >= 11 is 0. The lowest BCUT2D eigenvalue weighted by molar-refractivity contribution is -0.117. The van der Waals surface area contributed by atoms with E-state index < -0.39 is 0 Å². The Hall–Kier alpha value is -2.76. The van der Waals surface area contributed by atoms with Crippen LogP contribution in [0.5, 0.6) is 5.75 Å². The Labute approximate surface area is 141 Å². The molecule has 6 heteroatoms. The first-order chi connectivity index (χ1) is 11.2. The molecular weight excluding hydrogens is 306 g/mol. The third kappa shape index (κ3) is 5.15. The van der Waals surface area contributed by atoms with Crippen molar-refractivity contribution in [2.24, 2.45) is 0 Å². The zero-order chi connectivity index (χ0) is 17.7. The van der Waals surface area contributed by atoms with Gasteiger partial charge in [0.1, 0.15) is 17.2 Å². The third-order valence-electron chi connectivity index (χ3n) is 3.18. The van der Waals surface area contributed by atoms with Gasteiger partial charge < -0.3 is 10.4 Å². The Morgan fingerprint density at radius 1 is 1.12 bits per heavy atom. The molecule has 0 atom stereocenters. The molecule has 0 spiro atoms. The summed E-state index contributed by atoms with van der Waals surface area (Å²) in [7, 11) is 0. The van der Waals surface area contributed by atoms with E-state index in [0.29, 0.717) is 11.3 Å². The summed E-state index contributed by atoms with van der Waals surface area (Å²) in [6, 6.07) is 6.41. The minimum Gasteiger partial charge on any atom is -0.506 e. The van der Waals surface area contributed by atoms with Crippen LogP contribution in [0.3, 0.4) is 0 Å². The van der Waals surface area contributed by atoms with Crippen LogP contribution in [0, 0.1) is 0 Å². The molecule has 2 heterocycles. The van der Waals surface area contributed by atoms with Gasteiger partial charge >= 0.3 is 0 Å². The van der Waals surface area contributed by atoms with E-state index >= 15 is 0 Å². The SMILES string of the molecule is CC(C)(C)NC(=O)c1cc(CC(=O)Cc2ncccc2O)ccn1. The van der Waals surface area contributed by atoms with Gasteiger partial charge in [-0.2, -0.15) is 0 Å². The smallest absolute Gasteiger partial charge is 0.270 e. The summed E-state index contributed by atoms with van der Waals surface area (Å²) in [5, 5.41) is 12.5. The van der Waals surface area contributed by atoms with Gasteiger partial charge in [-0.25, -0.2) is 0 Å². The van der Waals surface area contributed by atoms with Crippen molar-refractivity contribution in [2.75, 3.05) is 0 Å². The van der Waals surface area contributed by atoms with E-state index in [-0.39, 0.29) is 41.5 Å². The quantitative estimate of drug-likeness (QED) is 0.877. The van der Waals surface area contributed by atoms with E-state index in [1.165, 1.54) is 18.5 Å². The lowest BCUT2D eigenvalue weighted by atomic mass is 10.0. The maximum absolute atomic E-state index is 12.2. The number of aromatic hydroxyl groups is 1. The van der Waals surface area contributed by atoms with E-state index in [1.807, 2.05) is 20.8 Å². The molecule has 0 radical (unpaired) electrons. The molecular formula is C18H21N3O3. The first-order valence-corrected chi connectivity index (χ1v) is 7.66. The van der Waals surface area contributed by atoms with Crippen molar-refractivity contribution in [1.29, 1.82) is 0 Å². The van der Waals surface area contributed by atoms with Gasteiger partial charge in [-0.05, 0) is 50.6 Å². The molecule has 126 valence electrons. The Balaban J connectivity index is 2.05. The summed E-state index contributed by atoms with van der Waals surface area (Å²) in [5.74, 6) is -0.373. The van der Waals surface area contributed by atoms with Crippen LogP contribution in [-0.2, 0) is 17.6 Å². The molecule has 0 aliphatic rings. The maximum Gasteiger partial charge on any atom is 0.270 e. The second-order valence-electron chi connectivity index (χ2n) is 6.61. The number of ketones is 1. The number of amides is 1. The number of carbonyl (C=O) groups excluding carboxylic acids is 2. The molecule has 2 rings (SSSR count). The Kier molecular flexibility index (Phi) is 5.28. The van der Waals surface area contributed by atoms with E-state index in [4.69, 9.17) is 0 Å². The van der Waals surface area contributed by atoms with E-state index in [2.05, 4.69) is 15.3 Å². The minimum atomic E-state index is -0.360. The summed E-state index contributed by atoms with van der Waals surface area (Å²) in [4.78, 5) is 32.4. The van der Waals surface area contributed by atoms with Gasteiger partial charge in [0.2, 0.25) is 0 Å². The average Bonchev–Trinajstić information content (AvgIpc) is 2.48. The van der Waals surface area contributed by atoms with Crippen LogP contribution in [0.4, 0.5) is 0 Å². The summed E-state index contributed by atoms with van der Waals surface area (Å²) < 4.78 is 0. The monoisotopic (exact) mass is 327 g/mol. The molecule has 0 aromatic carbocycles. The molecule has 0 saturated carbocycles. The van der Waals surface area contributed by atoms with E-state index in [0.717, 1.165) is 0 Å².